The Morgan fingerprint density at radius 3 is 2.48 bits per heavy atom. The van der Waals surface area contributed by atoms with E-state index in [1.54, 1.807) is 6.92 Å². The summed E-state index contributed by atoms with van der Waals surface area (Å²) in [7, 11) is 0. The molecule has 25 heavy (non-hydrogen) atoms. The number of ether oxygens (including phenoxy) is 1. The minimum atomic E-state index is -4.80. The molecule has 1 aromatic heterocycles. The van der Waals surface area contributed by atoms with Crippen LogP contribution in [0.2, 0.25) is 0 Å². The fourth-order valence-electron chi connectivity index (χ4n) is 1.86. The molecule has 0 saturated heterocycles. The van der Waals surface area contributed by atoms with E-state index in [1.807, 2.05) is 0 Å². The summed E-state index contributed by atoms with van der Waals surface area (Å²) in [6, 6.07) is 4.55. The molecule has 0 bridgehead atoms. The minimum Gasteiger partial charge on any atom is -0.406 e. The molecule has 0 fully saturated rings. The highest BCUT2D eigenvalue weighted by Crippen LogP contribution is 2.27. The summed E-state index contributed by atoms with van der Waals surface area (Å²) in [5.41, 5.74) is 0.619. The number of halogens is 4. The SMILES string of the molecule is Cc1c(Br)c([N+](=O)[O-])nn1CC(=O)Nc1ccc(OC(F)(F)F)cc1. The molecule has 1 amide bonds. The maximum absolute atomic E-state index is 12.1. The summed E-state index contributed by atoms with van der Waals surface area (Å²) >= 11 is 3.03. The molecule has 1 N–H and O–H groups in total. The van der Waals surface area contributed by atoms with Gasteiger partial charge < -0.3 is 20.2 Å². The number of aromatic nitrogens is 2. The number of nitrogens with one attached hydrogen (secondary N) is 1. The first-order valence-corrected chi connectivity index (χ1v) is 7.39. The normalized spacial score (nSPS) is 11.2. The molecule has 2 rings (SSSR count). The summed E-state index contributed by atoms with van der Waals surface area (Å²) in [5.74, 6) is -1.40. The van der Waals surface area contributed by atoms with Crippen LogP contribution in [0.3, 0.4) is 0 Å². The molecule has 1 heterocycles. The van der Waals surface area contributed by atoms with Crippen LogP contribution in [0.15, 0.2) is 28.7 Å². The fourth-order valence-corrected chi connectivity index (χ4v) is 2.28. The van der Waals surface area contributed by atoms with Crippen molar-refractivity contribution in [2.75, 3.05) is 5.32 Å². The third kappa shape index (κ3) is 4.92. The van der Waals surface area contributed by atoms with Gasteiger partial charge in [0.2, 0.25) is 5.91 Å². The first-order valence-electron chi connectivity index (χ1n) is 6.60. The van der Waals surface area contributed by atoms with Gasteiger partial charge >= 0.3 is 12.2 Å². The van der Waals surface area contributed by atoms with Gasteiger partial charge in [-0.1, -0.05) is 0 Å². The van der Waals surface area contributed by atoms with Gasteiger partial charge in [-0.05, 0) is 52.0 Å². The zero-order chi connectivity index (χ0) is 18.8. The number of carbonyl (C=O) groups excluding carboxylic acids is 1. The lowest BCUT2D eigenvalue weighted by Gasteiger charge is -2.09. The molecule has 0 saturated carbocycles. The van der Waals surface area contributed by atoms with Crippen LogP contribution in [0.1, 0.15) is 5.69 Å². The van der Waals surface area contributed by atoms with E-state index in [0.29, 0.717) is 5.69 Å². The van der Waals surface area contributed by atoms with E-state index in [-0.39, 0.29) is 16.7 Å². The number of hydrogen-bond acceptors (Lipinski definition) is 5. The lowest BCUT2D eigenvalue weighted by atomic mass is 10.3. The maximum atomic E-state index is 12.1. The molecule has 0 unspecified atom stereocenters. The molecule has 0 spiro atoms. The number of amides is 1. The Morgan fingerprint density at radius 1 is 1.40 bits per heavy atom. The van der Waals surface area contributed by atoms with Gasteiger partial charge in [0.1, 0.15) is 16.8 Å². The number of carbonyl (C=O) groups is 1. The summed E-state index contributed by atoms with van der Waals surface area (Å²) in [5, 5.41) is 17.0. The van der Waals surface area contributed by atoms with Gasteiger partial charge in [0.25, 0.3) is 0 Å². The van der Waals surface area contributed by atoms with Crippen molar-refractivity contribution >= 4 is 33.3 Å². The largest absolute Gasteiger partial charge is 0.573 e. The number of nitro groups is 1. The van der Waals surface area contributed by atoms with Gasteiger partial charge in [-0.2, -0.15) is 4.68 Å². The monoisotopic (exact) mass is 422 g/mol. The van der Waals surface area contributed by atoms with Crippen LogP contribution >= 0.6 is 15.9 Å². The predicted octanol–water partition coefficient (Wildman–Crippen LogP) is 3.40. The van der Waals surface area contributed by atoms with Crippen LogP contribution in [-0.4, -0.2) is 27.0 Å². The van der Waals surface area contributed by atoms with Gasteiger partial charge in [-0.15, -0.1) is 13.2 Å². The van der Waals surface area contributed by atoms with Crippen LogP contribution in [0.4, 0.5) is 24.7 Å². The lowest BCUT2D eigenvalue weighted by molar-refractivity contribution is -0.390. The summed E-state index contributed by atoms with van der Waals surface area (Å²) < 4.78 is 41.2. The fraction of sp³-hybridized carbons (Fsp3) is 0.231. The smallest absolute Gasteiger partial charge is 0.406 e. The molecule has 0 atom stereocenters. The number of anilines is 1. The van der Waals surface area contributed by atoms with Gasteiger partial charge in [0.05, 0.1) is 10.8 Å². The average Bonchev–Trinajstić information content (AvgIpc) is 2.76. The number of rotatable bonds is 5. The molecule has 1 aromatic carbocycles. The molecule has 2 aromatic rings. The van der Waals surface area contributed by atoms with E-state index < -0.39 is 28.8 Å². The van der Waals surface area contributed by atoms with Crippen LogP contribution in [0.5, 0.6) is 5.75 Å². The van der Waals surface area contributed by atoms with Gasteiger partial charge in [-0.3, -0.25) is 4.79 Å². The van der Waals surface area contributed by atoms with Crippen molar-refractivity contribution in [3.8, 4) is 5.75 Å². The molecular formula is C13H10BrF3N4O4. The Hall–Kier alpha value is -2.63. The third-order valence-corrected chi connectivity index (χ3v) is 3.88. The highest BCUT2D eigenvalue weighted by atomic mass is 79.9. The average molecular weight is 423 g/mol. The summed E-state index contributed by atoms with van der Waals surface area (Å²) in [6.07, 6.45) is -4.80. The second kappa shape index (κ2) is 7.09. The zero-order valence-electron chi connectivity index (χ0n) is 12.5. The van der Waals surface area contributed by atoms with E-state index >= 15 is 0 Å². The number of alkyl halides is 3. The zero-order valence-corrected chi connectivity index (χ0v) is 14.1. The van der Waals surface area contributed by atoms with Crippen LogP contribution in [-0.2, 0) is 11.3 Å². The Bertz CT molecular complexity index is 805. The van der Waals surface area contributed by atoms with E-state index in [0.717, 1.165) is 16.8 Å². The van der Waals surface area contributed by atoms with Crippen molar-refractivity contribution in [1.29, 1.82) is 0 Å². The maximum Gasteiger partial charge on any atom is 0.573 e. The minimum absolute atomic E-state index is 0.166. The quantitative estimate of drug-likeness (QED) is 0.587. The Balaban J connectivity index is 2.03. The van der Waals surface area contributed by atoms with E-state index in [1.165, 1.54) is 12.1 Å². The summed E-state index contributed by atoms with van der Waals surface area (Å²) in [4.78, 5) is 22.1. The molecule has 0 aliphatic rings. The number of benzene rings is 1. The molecule has 134 valence electrons. The number of hydrogen-bond donors (Lipinski definition) is 1. The van der Waals surface area contributed by atoms with Crippen LogP contribution < -0.4 is 10.1 Å². The Kier molecular flexibility index (Phi) is 5.30. The van der Waals surface area contributed by atoms with Crippen molar-refractivity contribution in [2.45, 2.75) is 19.8 Å². The van der Waals surface area contributed by atoms with E-state index in [4.69, 9.17) is 0 Å². The second-order valence-corrected chi connectivity index (χ2v) is 5.55. The van der Waals surface area contributed by atoms with Crippen LogP contribution in [0.25, 0.3) is 0 Å². The topological polar surface area (TPSA) is 99.3 Å². The van der Waals surface area contributed by atoms with Gasteiger partial charge in [0.15, 0.2) is 0 Å². The van der Waals surface area contributed by atoms with Gasteiger partial charge in [-0.25, -0.2) is 0 Å². The highest BCUT2D eigenvalue weighted by molar-refractivity contribution is 9.10. The highest BCUT2D eigenvalue weighted by Gasteiger charge is 2.31. The summed E-state index contributed by atoms with van der Waals surface area (Å²) in [6.45, 7) is 1.24. The van der Waals surface area contributed by atoms with Crippen molar-refractivity contribution in [2.24, 2.45) is 0 Å². The predicted molar refractivity (Wildman–Crippen MR) is 83.1 cm³/mol. The Morgan fingerprint density at radius 2 is 2.00 bits per heavy atom. The first kappa shape index (κ1) is 18.7. The standard InChI is InChI=1S/C13H10BrF3N4O4/c1-7-11(14)12(21(23)24)19-20(7)6-10(22)18-8-2-4-9(5-3-8)25-13(15,16)17/h2-5H,6H2,1H3,(H,18,22). The van der Waals surface area contributed by atoms with Crippen molar-refractivity contribution in [1.82, 2.24) is 9.78 Å². The molecule has 0 radical (unpaired) electrons. The second-order valence-electron chi connectivity index (χ2n) is 4.76. The molecule has 0 aliphatic heterocycles. The third-order valence-electron chi connectivity index (χ3n) is 2.95. The van der Waals surface area contributed by atoms with E-state index in [9.17, 15) is 28.1 Å². The molecular weight excluding hydrogens is 413 g/mol. The van der Waals surface area contributed by atoms with Crippen LogP contribution in [0, 0.1) is 17.0 Å². The van der Waals surface area contributed by atoms with Crippen molar-refractivity contribution in [3.05, 3.63) is 44.5 Å². The Labute approximate surface area is 146 Å². The number of nitrogens with zero attached hydrogens (tertiary/aromatic N) is 3. The lowest BCUT2D eigenvalue weighted by Crippen LogP contribution is -2.20. The first-order chi connectivity index (χ1) is 11.6. The van der Waals surface area contributed by atoms with Crippen molar-refractivity contribution < 1.29 is 27.6 Å². The molecule has 12 heteroatoms. The molecule has 8 nitrogen and oxygen atoms in total. The van der Waals surface area contributed by atoms with E-state index in [2.05, 4.69) is 31.1 Å². The van der Waals surface area contributed by atoms with Crippen molar-refractivity contribution in [3.63, 3.8) is 0 Å². The van der Waals surface area contributed by atoms with Gasteiger partial charge in [0, 0.05) is 5.69 Å². The molecule has 0 aliphatic carbocycles.